The minimum absolute atomic E-state index is 0.190. The molecule has 4 rings (SSSR count). The molecule has 2 aromatic rings. The van der Waals surface area contributed by atoms with Gasteiger partial charge in [0.1, 0.15) is 24.2 Å². The minimum atomic E-state index is -0.624. The first-order chi connectivity index (χ1) is 14.6. The standard InChI is InChI=1S/C21H23N5O4/c22-7-9-30-15-6-8-23-17(10-15)24-11-13-2-1-3-14-12-26(21(29)19(13)14)16-4-5-18(27)25-20(16)28/h1-3,6,8,10,16H,4-5,7,9,11-12,22H2,(H,23,24)(H,25,27,28). The molecule has 1 atom stereocenters. The average molecular weight is 409 g/mol. The van der Waals surface area contributed by atoms with E-state index in [1.165, 1.54) is 0 Å². The van der Waals surface area contributed by atoms with Gasteiger partial charge in [0.15, 0.2) is 0 Å². The molecule has 0 spiro atoms. The fraction of sp³-hybridized carbons (Fsp3) is 0.333. The number of rotatable bonds is 7. The third kappa shape index (κ3) is 3.97. The van der Waals surface area contributed by atoms with E-state index >= 15 is 0 Å². The summed E-state index contributed by atoms with van der Waals surface area (Å²) in [6, 6.07) is 8.57. The normalized spacial score (nSPS) is 18.2. The van der Waals surface area contributed by atoms with Crippen LogP contribution < -0.4 is 21.1 Å². The lowest BCUT2D eigenvalue weighted by Gasteiger charge is -2.29. The molecule has 2 aliphatic rings. The van der Waals surface area contributed by atoms with Gasteiger partial charge in [0.05, 0.1) is 0 Å². The molecule has 3 amide bonds. The van der Waals surface area contributed by atoms with Gasteiger partial charge in [0.25, 0.3) is 5.91 Å². The Kier molecular flexibility index (Phi) is 5.62. The highest BCUT2D eigenvalue weighted by molar-refractivity contribution is 6.06. The van der Waals surface area contributed by atoms with Gasteiger partial charge in [-0.25, -0.2) is 4.98 Å². The Hall–Kier alpha value is -3.46. The van der Waals surface area contributed by atoms with Crippen molar-refractivity contribution in [3.63, 3.8) is 0 Å². The highest BCUT2D eigenvalue weighted by Crippen LogP contribution is 2.30. The topological polar surface area (TPSA) is 127 Å². The zero-order valence-electron chi connectivity index (χ0n) is 16.4. The summed E-state index contributed by atoms with van der Waals surface area (Å²) in [5, 5.41) is 5.54. The van der Waals surface area contributed by atoms with Crippen LogP contribution in [0.25, 0.3) is 0 Å². The molecular formula is C21H23N5O4. The molecule has 9 heteroatoms. The second kappa shape index (κ2) is 8.50. The number of pyridine rings is 1. The number of carbonyl (C=O) groups is 3. The van der Waals surface area contributed by atoms with Gasteiger partial charge in [0.2, 0.25) is 11.8 Å². The predicted octanol–water partition coefficient (Wildman–Crippen LogP) is 0.792. The monoisotopic (exact) mass is 409 g/mol. The summed E-state index contributed by atoms with van der Waals surface area (Å²) < 4.78 is 5.51. The summed E-state index contributed by atoms with van der Waals surface area (Å²) in [5.74, 6) is 0.386. The lowest BCUT2D eigenvalue weighted by molar-refractivity contribution is -0.136. The number of amides is 3. The molecule has 0 saturated carbocycles. The molecule has 0 bridgehead atoms. The number of hydrogen-bond donors (Lipinski definition) is 3. The SMILES string of the molecule is NCCOc1ccnc(NCc2cccc3c2C(=O)N(C2CCC(=O)NC2=O)C3)c1. The molecule has 1 fully saturated rings. The van der Waals surface area contributed by atoms with Gasteiger partial charge in [-0.05, 0) is 23.6 Å². The molecule has 4 N–H and O–H groups in total. The average Bonchev–Trinajstić information content (AvgIpc) is 3.08. The van der Waals surface area contributed by atoms with E-state index in [1.54, 1.807) is 23.2 Å². The van der Waals surface area contributed by atoms with E-state index in [4.69, 9.17) is 10.5 Å². The quantitative estimate of drug-likeness (QED) is 0.577. The smallest absolute Gasteiger partial charge is 0.255 e. The molecule has 30 heavy (non-hydrogen) atoms. The van der Waals surface area contributed by atoms with Crippen molar-refractivity contribution in [3.8, 4) is 5.75 Å². The molecule has 1 unspecified atom stereocenters. The first-order valence-electron chi connectivity index (χ1n) is 9.85. The molecule has 3 heterocycles. The summed E-state index contributed by atoms with van der Waals surface area (Å²) in [7, 11) is 0. The van der Waals surface area contributed by atoms with E-state index in [1.807, 2.05) is 18.2 Å². The van der Waals surface area contributed by atoms with Crippen molar-refractivity contribution in [1.29, 1.82) is 0 Å². The Balaban J connectivity index is 1.48. The summed E-state index contributed by atoms with van der Waals surface area (Å²) in [4.78, 5) is 42.6. The van der Waals surface area contributed by atoms with E-state index in [0.717, 1.165) is 11.1 Å². The van der Waals surface area contributed by atoms with E-state index in [-0.39, 0.29) is 18.2 Å². The third-order valence-electron chi connectivity index (χ3n) is 5.22. The number of anilines is 1. The number of imide groups is 1. The number of benzene rings is 1. The number of hydrogen-bond acceptors (Lipinski definition) is 7. The van der Waals surface area contributed by atoms with E-state index in [0.29, 0.717) is 49.8 Å². The highest BCUT2D eigenvalue weighted by Gasteiger charge is 2.39. The molecule has 0 radical (unpaired) electrons. The number of nitrogens with one attached hydrogen (secondary N) is 2. The Labute approximate surface area is 173 Å². The fourth-order valence-electron chi connectivity index (χ4n) is 3.80. The second-order valence-corrected chi connectivity index (χ2v) is 7.22. The van der Waals surface area contributed by atoms with Crippen LogP contribution in [0.1, 0.15) is 34.3 Å². The van der Waals surface area contributed by atoms with Crippen LogP contribution in [0.2, 0.25) is 0 Å². The Morgan fingerprint density at radius 1 is 1.27 bits per heavy atom. The van der Waals surface area contributed by atoms with Crippen LogP contribution in [0, 0.1) is 0 Å². The summed E-state index contributed by atoms with van der Waals surface area (Å²) in [5.41, 5.74) is 7.76. The van der Waals surface area contributed by atoms with Gasteiger partial charge in [-0.3, -0.25) is 19.7 Å². The first kappa shape index (κ1) is 19.8. The van der Waals surface area contributed by atoms with Crippen molar-refractivity contribution in [2.75, 3.05) is 18.5 Å². The van der Waals surface area contributed by atoms with E-state index < -0.39 is 11.9 Å². The summed E-state index contributed by atoms with van der Waals surface area (Å²) >= 11 is 0. The van der Waals surface area contributed by atoms with Gasteiger partial charge in [0, 0.05) is 43.9 Å². The van der Waals surface area contributed by atoms with Crippen LogP contribution in [0.15, 0.2) is 36.5 Å². The number of aromatic nitrogens is 1. The number of nitrogens with two attached hydrogens (primary N) is 1. The van der Waals surface area contributed by atoms with Gasteiger partial charge < -0.3 is 20.7 Å². The molecule has 0 aliphatic carbocycles. The Bertz CT molecular complexity index is 993. The van der Waals surface area contributed by atoms with Gasteiger partial charge in [-0.1, -0.05) is 18.2 Å². The van der Waals surface area contributed by atoms with Crippen LogP contribution in [0.3, 0.4) is 0 Å². The van der Waals surface area contributed by atoms with Gasteiger partial charge >= 0.3 is 0 Å². The van der Waals surface area contributed by atoms with Crippen LogP contribution in [-0.4, -0.2) is 46.8 Å². The number of fused-ring (bicyclic) bond motifs is 1. The number of carbonyl (C=O) groups excluding carboxylic acids is 3. The Morgan fingerprint density at radius 3 is 2.93 bits per heavy atom. The van der Waals surface area contributed by atoms with Crippen molar-refractivity contribution in [1.82, 2.24) is 15.2 Å². The van der Waals surface area contributed by atoms with Gasteiger partial charge in [-0.15, -0.1) is 0 Å². The second-order valence-electron chi connectivity index (χ2n) is 7.22. The molecular weight excluding hydrogens is 386 g/mol. The molecule has 1 aromatic carbocycles. The molecule has 9 nitrogen and oxygen atoms in total. The van der Waals surface area contributed by atoms with Crippen LogP contribution in [0.5, 0.6) is 5.75 Å². The third-order valence-corrected chi connectivity index (χ3v) is 5.22. The molecule has 156 valence electrons. The van der Waals surface area contributed by atoms with Crippen LogP contribution >= 0.6 is 0 Å². The van der Waals surface area contributed by atoms with Crippen molar-refractivity contribution in [2.24, 2.45) is 5.73 Å². The van der Waals surface area contributed by atoms with Gasteiger partial charge in [-0.2, -0.15) is 0 Å². The lowest BCUT2D eigenvalue weighted by atomic mass is 10.0. The van der Waals surface area contributed by atoms with Crippen molar-refractivity contribution in [3.05, 3.63) is 53.2 Å². The maximum Gasteiger partial charge on any atom is 0.255 e. The summed E-state index contributed by atoms with van der Waals surface area (Å²) in [6.45, 7) is 1.59. The number of ether oxygens (including phenoxy) is 1. The van der Waals surface area contributed by atoms with Crippen molar-refractivity contribution < 1.29 is 19.1 Å². The zero-order valence-corrected chi connectivity index (χ0v) is 16.4. The number of piperidine rings is 1. The van der Waals surface area contributed by atoms with E-state index in [9.17, 15) is 14.4 Å². The van der Waals surface area contributed by atoms with Crippen LogP contribution in [0.4, 0.5) is 5.82 Å². The maximum atomic E-state index is 13.1. The highest BCUT2D eigenvalue weighted by atomic mass is 16.5. The lowest BCUT2D eigenvalue weighted by Crippen LogP contribution is -2.52. The minimum Gasteiger partial charge on any atom is -0.492 e. The van der Waals surface area contributed by atoms with Crippen LogP contribution in [-0.2, 0) is 22.7 Å². The largest absolute Gasteiger partial charge is 0.492 e. The maximum absolute atomic E-state index is 13.1. The molecule has 1 aromatic heterocycles. The van der Waals surface area contributed by atoms with Crippen molar-refractivity contribution in [2.45, 2.75) is 32.0 Å². The zero-order chi connectivity index (χ0) is 21.1. The first-order valence-corrected chi connectivity index (χ1v) is 9.85. The molecule has 2 aliphatic heterocycles. The fourth-order valence-corrected chi connectivity index (χ4v) is 3.80. The van der Waals surface area contributed by atoms with E-state index in [2.05, 4.69) is 15.6 Å². The predicted molar refractivity (Wildman–Crippen MR) is 109 cm³/mol. The number of nitrogens with zero attached hydrogens (tertiary/aromatic N) is 2. The Morgan fingerprint density at radius 2 is 2.13 bits per heavy atom. The van der Waals surface area contributed by atoms with Crippen molar-refractivity contribution >= 4 is 23.5 Å². The summed E-state index contributed by atoms with van der Waals surface area (Å²) in [6.07, 6.45) is 2.22. The molecule has 1 saturated heterocycles.